The Labute approximate surface area is 142 Å². The van der Waals surface area contributed by atoms with Crippen molar-refractivity contribution in [1.29, 1.82) is 0 Å². The second-order valence-electron chi connectivity index (χ2n) is 6.08. The number of urea groups is 1. The van der Waals surface area contributed by atoms with Gasteiger partial charge in [0.2, 0.25) is 5.89 Å². The molecule has 1 saturated heterocycles. The highest BCUT2D eigenvalue weighted by Crippen LogP contribution is 2.23. The van der Waals surface area contributed by atoms with E-state index in [2.05, 4.69) is 20.5 Å². The van der Waals surface area contributed by atoms with Crippen molar-refractivity contribution < 1.29 is 9.21 Å². The lowest BCUT2D eigenvalue weighted by molar-refractivity contribution is 0.129. The molecule has 2 amide bonds. The zero-order valence-corrected chi connectivity index (χ0v) is 14.0. The van der Waals surface area contributed by atoms with E-state index in [0.717, 1.165) is 30.8 Å². The van der Waals surface area contributed by atoms with Crippen molar-refractivity contribution in [3.8, 4) is 11.5 Å². The molecule has 0 aliphatic carbocycles. The number of carbonyl (C=O) groups is 1. The first-order valence-electron chi connectivity index (χ1n) is 8.46. The number of likely N-dealkylation sites (tertiary alicyclic amines) is 1. The molecule has 3 rings (SSSR count). The number of piperidine rings is 1. The summed E-state index contributed by atoms with van der Waals surface area (Å²) in [4.78, 5) is 18.2. The molecule has 1 aliphatic heterocycles. The summed E-state index contributed by atoms with van der Waals surface area (Å²) in [6, 6.07) is 10.1. The van der Waals surface area contributed by atoms with Crippen LogP contribution < -0.4 is 10.6 Å². The van der Waals surface area contributed by atoms with Crippen LogP contribution >= 0.6 is 0 Å². The minimum atomic E-state index is -0.133. The van der Waals surface area contributed by atoms with Crippen LogP contribution in [0.3, 0.4) is 0 Å². The Kier molecular flexibility index (Phi) is 5.48. The van der Waals surface area contributed by atoms with Crippen molar-refractivity contribution in [2.45, 2.75) is 31.8 Å². The molecule has 1 aromatic carbocycles. The van der Waals surface area contributed by atoms with Crippen LogP contribution in [0.25, 0.3) is 11.5 Å². The standard InChI is InChI=1S/C18H24N4O2/c1-19-18(23)21-11-15-9-5-6-10-22(15)13-16-12-20-17(24-16)14-7-3-2-4-8-14/h2-4,7-8,12,15H,5-6,9-11,13H2,1H3,(H2,19,21,23). The lowest BCUT2D eigenvalue weighted by Crippen LogP contribution is -2.47. The van der Waals surface area contributed by atoms with E-state index in [1.165, 1.54) is 12.8 Å². The van der Waals surface area contributed by atoms with Crippen LogP contribution in [0.2, 0.25) is 0 Å². The monoisotopic (exact) mass is 328 g/mol. The summed E-state index contributed by atoms with van der Waals surface area (Å²) < 4.78 is 5.92. The number of rotatable bonds is 5. The minimum absolute atomic E-state index is 0.133. The predicted octanol–water partition coefficient (Wildman–Crippen LogP) is 2.63. The molecule has 2 aromatic rings. The molecule has 1 fully saturated rings. The van der Waals surface area contributed by atoms with Crippen LogP contribution in [0.5, 0.6) is 0 Å². The highest BCUT2D eigenvalue weighted by molar-refractivity contribution is 5.73. The molecule has 6 heteroatoms. The van der Waals surface area contributed by atoms with Crippen molar-refractivity contribution >= 4 is 6.03 Å². The molecule has 128 valence electrons. The lowest BCUT2D eigenvalue weighted by Gasteiger charge is -2.35. The molecule has 2 heterocycles. The Balaban J connectivity index is 1.63. The summed E-state index contributed by atoms with van der Waals surface area (Å²) in [6.45, 7) is 2.39. The molecule has 1 unspecified atom stereocenters. The number of nitrogens with one attached hydrogen (secondary N) is 2. The average Bonchev–Trinajstić information content (AvgIpc) is 3.10. The van der Waals surface area contributed by atoms with Gasteiger partial charge in [-0.25, -0.2) is 9.78 Å². The molecule has 1 aliphatic rings. The van der Waals surface area contributed by atoms with E-state index in [0.29, 0.717) is 18.5 Å². The van der Waals surface area contributed by atoms with Crippen molar-refractivity contribution in [3.05, 3.63) is 42.3 Å². The van der Waals surface area contributed by atoms with E-state index >= 15 is 0 Å². The number of amides is 2. The van der Waals surface area contributed by atoms with Crippen LogP contribution in [-0.2, 0) is 6.54 Å². The molecule has 0 radical (unpaired) electrons. The normalized spacial score (nSPS) is 18.3. The van der Waals surface area contributed by atoms with Gasteiger partial charge in [-0.1, -0.05) is 24.6 Å². The molecule has 6 nitrogen and oxygen atoms in total. The Morgan fingerprint density at radius 3 is 2.96 bits per heavy atom. The van der Waals surface area contributed by atoms with E-state index in [-0.39, 0.29) is 6.03 Å². The number of benzene rings is 1. The second kappa shape index (κ2) is 7.97. The largest absolute Gasteiger partial charge is 0.440 e. The summed E-state index contributed by atoms with van der Waals surface area (Å²) in [5, 5.41) is 5.50. The van der Waals surface area contributed by atoms with Crippen LogP contribution in [-0.4, -0.2) is 42.1 Å². The second-order valence-corrected chi connectivity index (χ2v) is 6.08. The van der Waals surface area contributed by atoms with Crippen LogP contribution in [0.15, 0.2) is 40.9 Å². The number of hydrogen-bond donors (Lipinski definition) is 2. The molecule has 24 heavy (non-hydrogen) atoms. The summed E-state index contributed by atoms with van der Waals surface area (Å²) in [5.74, 6) is 1.52. The quantitative estimate of drug-likeness (QED) is 0.885. The Morgan fingerprint density at radius 1 is 1.33 bits per heavy atom. The van der Waals surface area contributed by atoms with E-state index in [4.69, 9.17) is 4.42 Å². The number of hydrogen-bond acceptors (Lipinski definition) is 4. The Morgan fingerprint density at radius 2 is 2.17 bits per heavy atom. The minimum Gasteiger partial charge on any atom is -0.440 e. The molecular weight excluding hydrogens is 304 g/mol. The van der Waals surface area contributed by atoms with E-state index in [1.807, 2.05) is 30.3 Å². The molecule has 0 bridgehead atoms. The lowest BCUT2D eigenvalue weighted by atomic mass is 10.0. The maximum absolute atomic E-state index is 11.4. The highest BCUT2D eigenvalue weighted by Gasteiger charge is 2.24. The SMILES string of the molecule is CNC(=O)NCC1CCCCN1Cc1cnc(-c2ccccc2)o1. The first kappa shape index (κ1) is 16.5. The summed E-state index contributed by atoms with van der Waals surface area (Å²) >= 11 is 0. The number of carbonyl (C=O) groups excluding carboxylic acids is 1. The predicted molar refractivity (Wildman–Crippen MR) is 92.4 cm³/mol. The van der Waals surface area contributed by atoms with Gasteiger partial charge in [-0.15, -0.1) is 0 Å². The molecule has 1 aromatic heterocycles. The van der Waals surface area contributed by atoms with Gasteiger partial charge in [0.1, 0.15) is 5.76 Å². The van der Waals surface area contributed by atoms with Crippen LogP contribution in [0.4, 0.5) is 4.79 Å². The van der Waals surface area contributed by atoms with E-state index in [9.17, 15) is 4.79 Å². The first-order chi connectivity index (χ1) is 11.8. The van der Waals surface area contributed by atoms with E-state index in [1.54, 1.807) is 13.2 Å². The molecule has 2 N–H and O–H groups in total. The van der Waals surface area contributed by atoms with Crippen molar-refractivity contribution in [1.82, 2.24) is 20.5 Å². The Hall–Kier alpha value is -2.34. The topological polar surface area (TPSA) is 70.4 Å². The number of oxazole rings is 1. The van der Waals surface area contributed by atoms with Crippen LogP contribution in [0, 0.1) is 0 Å². The molecule has 0 spiro atoms. The maximum atomic E-state index is 11.4. The van der Waals surface area contributed by atoms with Gasteiger partial charge in [0.25, 0.3) is 0 Å². The highest BCUT2D eigenvalue weighted by atomic mass is 16.4. The number of aromatic nitrogens is 1. The fraction of sp³-hybridized carbons (Fsp3) is 0.444. The first-order valence-corrected chi connectivity index (χ1v) is 8.46. The van der Waals surface area contributed by atoms with Gasteiger partial charge in [-0.2, -0.15) is 0 Å². The zero-order chi connectivity index (χ0) is 16.8. The van der Waals surface area contributed by atoms with E-state index < -0.39 is 0 Å². The van der Waals surface area contributed by atoms with Gasteiger partial charge in [0, 0.05) is 25.2 Å². The van der Waals surface area contributed by atoms with Gasteiger partial charge in [0.05, 0.1) is 12.7 Å². The number of nitrogens with zero attached hydrogens (tertiary/aromatic N) is 2. The van der Waals surface area contributed by atoms with Gasteiger partial charge in [-0.3, -0.25) is 4.90 Å². The summed E-state index contributed by atoms with van der Waals surface area (Å²) in [6.07, 6.45) is 5.27. The average molecular weight is 328 g/mol. The molecule has 1 atom stereocenters. The summed E-state index contributed by atoms with van der Waals surface area (Å²) in [7, 11) is 1.63. The van der Waals surface area contributed by atoms with Gasteiger partial charge < -0.3 is 15.1 Å². The van der Waals surface area contributed by atoms with Crippen molar-refractivity contribution in [3.63, 3.8) is 0 Å². The fourth-order valence-corrected chi connectivity index (χ4v) is 3.09. The molecular formula is C18H24N4O2. The summed E-state index contributed by atoms with van der Waals surface area (Å²) in [5.41, 5.74) is 0.986. The maximum Gasteiger partial charge on any atom is 0.314 e. The van der Waals surface area contributed by atoms with Gasteiger partial charge in [-0.05, 0) is 31.5 Å². The zero-order valence-electron chi connectivity index (χ0n) is 14.0. The van der Waals surface area contributed by atoms with Crippen molar-refractivity contribution in [2.24, 2.45) is 0 Å². The molecule has 0 saturated carbocycles. The third-order valence-electron chi connectivity index (χ3n) is 4.41. The smallest absolute Gasteiger partial charge is 0.314 e. The van der Waals surface area contributed by atoms with Gasteiger partial charge in [0.15, 0.2) is 0 Å². The van der Waals surface area contributed by atoms with Crippen molar-refractivity contribution in [2.75, 3.05) is 20.1 Å². The third-order valence-corrected chi connectivity index (χ3v) is 4.41. The van der Waals surface area contributed by atoms with Crippen LogP contribution in [0.1, 0.15) is 25.0 Å². The Bertz CT molecular complexity index is 656. The third kappa shape index (κ3) is 4.14. The fourth-order valence-electron chi connectivity index (χ4n) is 3.09. The van der Waals surface area contributed by atoms with Gasteiger partial charge >= 0.3 is 6.03 Å².